The van der Waals surface area contributed by atoms with E-state index in [9.17, 15) is 23.3 Å². The van der Waals surface area contributed by atoms with Gasteiger partial charge in [0.05, 0.1) is 16.7 Å². The van der Waals surface area contributed by atoms with Gasteiger partial charge in [0.15, 0.2) is 4.90 Å². The van der Waals surface area contributed by atoms with Crippen molar-refractivity contribution in [1.82, 2.24) is 0 Å². The number of aryl methyl sites for hydroxylation is 1. The van der Waals surface area contributed by atoms with E-state index in [1.165, 1.54) is 18.2 Å². The third-order valence-corrected chi connectivity index (χ3v) is 5.38. The number of nitro benzene ring substituents is 1. The Bertz CT molecular complexity index is 956. The zero-order valence-electron chi connectivity index (χ0n) is 15.2. The smallest absolute Gasteiger partial charge is 0.327 e. The fourth-order valence-corrected chi connectivity index (χ4v) is 4.02. The summed E-state index contributed by atoms with van der Waals surface area (Å²) < 4.78 is 32.3. The molecule has 2 aromatic rings. The maximum Gasteiger partial charge on any atom is 0.327 e. The average molecular weight is 392 g/mol. The molecule has 27 heavy (non-hydrogen) atoms. The molecule has 8 nitrogen and oxygen atoms in total. The van der Waals surface area contributed by atoms with E-state index >= 15 is 0 Å². The number of nitro groups is 1. The Morgan fingerprint density at radius 2 is 1.85 bits per heavy atom. The van der Waals surface area contributed by atoms with Crippen molar-refractivity contribution in [2.75, 3.05) is 10.8 Å². The van der Waals surface area contributed by atoms with Crippen molar-refractivity contribution in [2.24, 2.45) is 0 Å². The van der Waals surface area contributed by atoms with Gasteiger partial charge in [0.25, 0.3) is 15.7 Å². The van der Waals surface area contributed by atoms with E-state index in [1.807, 2.05) is 0 Å². The first kappa shape index (κ1) is 20.4. The van der Waals surface area contributed by atoms with Crippen molar-refractivity contribution >= 4 is 27.4 Å². The van der Waals surface area contributed by atoms with Gasteiger partial charge in [-0.15, -0.1) is 0 Å². The van der Waals surface area contributed by atoms with Gasteiger partial charge in [-0.3, -0.25) is 19.2 Å². The molecular formula is C18H20N2O6S. The second kappa shape index (κ2) is 8.17. The number of sulfonamides is 1. The van der Waals surface area contributed by atoms with E-state index in [2.05, 4.69) is 0 Å². The molecule has 144 valence electrons. The van der Waals surface area contributed by atoms with Crippen molar-refractivity contribution in [3.63, 3.8) is 0 Å². The number of hydrogen-bond donors (Lipinski definition) is 0. The highest BCUT2D eigenvalue weighted by atomic mass is 32.2. The highest BCUT2D eigenvalue weighted by Gasteiger charge is 2.33. The Labute approximate surface area is 157 Å². The molecule has 0 fully saturated rings. The number of esters is 1. The van der Waals surface area contributed by atoms with E-state index in [1.54, 1.807) is 39.0 Å². The summed E-state index contributed by atoms with van der Waals surface area (Å²) in [6.07, 6.45) is -0.425. The van der Waals surface area contributed by atoms with Gasteiger partial charge in [-0.05, 0) is 44.5 Å². The average Bonchev–Trinajstić information content (AvgIpc) is 2.59. The Morgan fingerprint density at radius 3 is 2.44 bits per heavy atom. The number of nitrogens with zero attached hydrogens (tertiary/aromatic N) is 2. The molecule has 0 heterocycles. The summed E-state index contributed by atoms with van der Waals surface area (Å²) >= 11 is 0. The fraction of sp³-hybridized carbons (Fsp3) is 0.278. The maximum absolute atomic E-state index is 13.2. The summed E-state index contributed by atoms with van der Waals surface area (Å²) in [5.41, 5.74) is 0.425. The monoisotopic (exact) mass is 392 g/mol. The molecule has 0 saturated heterocycles. The normalized spacial score (nSPS) is 11.3. The third-order valence-electron chi connectivity index (χ3n) is 3.56. The first-order valence-electron chi connectivity index (χ1n) is 8.15. The Kier molecular flexibility index (Phi) is 6.17. The molecule has 0 aliphatic carbocycles. The van der Waals surface area contributed by atoms with Crippen molar-refractivity contribution in [3.8, 4) is 0 Å². The lowest BCUT2D eigenvalue weighted by Gasteiger charge is -2.24. The number of rotatable bonds is 7. The van der Waals surface area contributed by atoms with Crippen LogP contribution in [0.25, 0.3) is 0 Å². The minimum atomic E-state index is -4.39. The quantitative estimate of drug-likeness (QED) is 0.407. The van der Waals surface area contributed by atoms with Crippen LogP contribution in [-0.4, -0.2) is 32.0 Å². The van der Waals surface area contributed by atoms with Crippen LogP contribution in [0.4, 0.5) is 11.4 Å². The van der Waals surface area contributed by atoms with E-state index in [0.29, 0.717) is 0 Å². The highest BCUT2D eigenvalue weighted by molar-refractivity contribution is 7.93. The first-order valence-corrected chi connectivity index (χ1v) is 9.59. The predicted octanol–water partition coefficient (Wildman–Crippen LogP) is 3.05. The molecule has 0 unspecified atom stereocenters. The van der Waals surface area contributed by atoms with Gasteiger partial charge in [-0.2, -0.15) is 0 Å². The van der Waals surface area contributed by atoms with Gasteiger partial charge < -0.3 is 4.74 Å². The van der Waals surface area contributed by atoms with Crippen molar-refractivity contribution in [1.29, 1.82) is 0 Å². The molecule has 0 radical (unpaired) electrons. The van der Waals surface area contributed by atoms with Crippen LogP contribution in [0.3, 0.4) is 0 Å². The number of ether oxygens (including phenoxy) is 1. The molecule has 0 atom stereocenters. The fourth-order valence-electron chi connectivity index (χ4n) is 2.46. The Balaban J connectivity index is 2.58. The highest BCUT2D eigenvalue weighted by Crippen LogP contribution is 2.30. The van der Waals surface area contributed by atoms with Crippen LogP contribution < -0.4 is 4.31 Å². The number of carbonyl (C=O) groups is 1. The van der Waals surface area contributed by atoms with Crippen LogP contribution >= 0.6 is 0 Å². The predicted molar refractivity (Wildman–Crippen MR) is 100 cm³/mol. The van der Waals surface area contributed by atoms with Gasteiger partial charge in [0, 0.05) is 6.07 Å². The van der Waals surface area contributed by atoms with Crippen LogP contribution in [0.5, 0.6) is 0 Å². The zero-order valence-corrected chi connectivity index (χ0v) is 16.0. The summed E-state index contributed by atoms with van der Waals surface area (Å²) in [6.45, 7) is 4.46. The summed E-state index contributed by atoms with van der Waals surface area (Å²) in [5.74, 6) is -0.756. The summed E-state index contributed by atoms with van der Waals surface area (Å²) in [5, 5.41) is 11.3. The summed E-state index contributed by atoms with van der Waals surface area (Å²) in [7, 11) is -4.39. The molecule has 0 aliphatic heterocycles. The second-order valence-corrected chi connectivity index (χ2v) is 7.94. The van der Waals surface area contributed by atoms with E-state index in [4.69, 9.17) is 4.74 Å². The van der Waals surface area contributed by atoms with E-state index in [0.717, 1.165) is 22.0 Å². The molecule has 0 aromatic heterocycles. The lowest BCUT2D eigenvalue weighted by Crippen LogP contribution is -2.37. The van der Waals surface area contributed by atoms with Gasteiger partial charge in [-0.1, -0.05) is 24.3 Å². The van der Waals surface area contributed by atoms with Gasteiger partial charge in [0.2, 0.25) is 0 Å². The van der Waals surface area contributed by atoms with Gasteiger partial charge in [-0.25, -0.2) is 8.42 Å². The standard InChI is InChI=1S/C18H20N2O6S/c1-13(2)26-18(21)12-19(15-8-6-7-14(3)11-15)27(24,25)17-10-5-4-9-16(17)20(22)23/h4-11,13H,12H2,1-3H3. The third kappa shape index (κ3) is 4.82. The lowest BCUT2D eigenvalue weighted by atomic mass is 10.2. The Morgan fingerprint density at radius 1 is 1.19 bits per heavy atom. The summed E-state index contributed by atoms with van der Waals surface area (Å²) in [6, 6.07) is 11.5. The molecule has 0 bridgehead atoms. The van der Waals surface area contributed by atoms with Crippen LogP contribution in [0.15, 0.2) is 53.4 Å². The lowest BCUT2D eigenvalue weighted by molar-refractivity contribution is -0.387. The number of para-hydroxylation sites is 1. The molecule has 0 N–H and O–H groups in total. The van der Waals surface area contributed by atoms with Crippen LogP contribution in [0, 0.1) is 17.0 Å². The molecular weight excluding hydrogens is 372 g/mol. The molecule has 0 spiro atoms. The van der Waals surface area contributed by atoms with Crippen LogP contribution in [0.2, 0.25) is 0 Å². The second-order valence-electron chi connectivity index (χ2n) is 6.11. The molecule has 0 saturated carbocycles. The van der Waals surface area contributed by atoms with Gasteiger partial charge >= 0.3 is 5.97 Å². The Hall–Kier alpha value is -2.94. The molecule has 2 aromatic carbocycles. The number of benzene rings is 2. The maximum atomic E-state index is 13.2. The number of hydrogen-bond acceptors (Lipinski definition) is 6. The minimum Gasteiger partial charge on any atom is -0.462 e. The number of anilines is 1. The molecule has 0 aliphatic rings. The van der Waals surface area contributed by atoms with Crippen molar-refractivity contribution in [3.05, 3.63) is 64.2 Å². The van der Waals surface area contributed by atoms with E-state index < -0.39 is 44.1 Å². The first-order chi connectivity index (χ1) is 12.6. The zero-order chi connectivity index (χ0) is 20.2. The number of carbonyl (C=O) groups excluding carboxylic acids is 1. The van der Waals surface area contributed by atoms with Crippen LogP contribution in [-0.2, 0) is 19.6 Å². The van der Waals surface area contributed by atoms with Crippen molar-refractivity contribution < 1.29 is 22.9 Å². The molecule has 9 heteroatoms. The summed E-state index contributed by atoms with van der Waals surface area (Å²) in [4.78, 5) is 22.2. The topological polar surface area (TPSA) is 107 Å². The van der Waals surface area contributed by atoms with Crippen molar-refractivity contribution in [2.45, 2.75) is 31.8 Å². The molecule has 0 amide bonds. The SMILES string of the molecule is Cc1cccc(N(CC(=O)OC(C)C)S(=O)(=O)c2ccccc2[N+](=O)[O-])c1. The van der Waals surface area contributed by atoms with E-state index in [-0.39, 0.29) is 5.69 Å². The minimum absolute atomic E-state index is 0.217. The molecule has 2 rings (SSSR count). The largest absolute Gasteiger partial charge is 0.462 e. The van der Waals surface area contributed by atoms with Gasteiger partial charge in [0.1, 0.15) is 6.54 Å². The van der Waals surface area contributed by atoms with Crippen LogP contribution in [0.1, 0.15) is 19.4 Å².